The lowest BCUT2D eigenvalue weighted by Crippen LogP contribution is -2.27. The van der Waals surface area contributed by atoms with Crippen LogP contribution in [0.1, 0.15) is 36.8 Å². The third-order valence-corrected chi connectivity index (χ3v) is 5.85. The van der Waals surface area contributed by atoms with Crippen LogP contribution in [0.3, 0.4) is 0 Å². The average molecular weight is 462 g/mol. The van der Waals surface area contributed by atoms with Crippen molar-refractivity contribution in [3.8, 4) is 11.5 Å². The molecule has 1 amide bonds. The molecule has 6 nitrogen and oxygen atoms in total. The number of unbranched alkanes of at least 4 members (excludes halogenated alkanes) is 2. The number of amides is 1. The Morgan fingerprint density at radius 2 is 1.56 bits per heavy atom. The highest BCUT2D eigenvalue weighted by molar-refractivity contribution is 5.80. The second-order valence-electron chi connectivity index (χ2n) is 8.21. The van der Waals surface area contributed by atoms with Gasteiger partial charge in [-0.25, -0.2) is 4.99 Å². The van der Waals surface area contributed by atoms with E-state index in [0.29, 0.717) is 0 Å². The Bertz CT molecular complexity index is 916. The summed E-state index contributed by atoms with van der Waals surface area (Å²) in [5.41, 5.74) is 3.43. The molecule has 2 aromatic carbocycles. The van der Waals surface area contributed by atoms with E-state index in [1.165, 1.54) is 5.57 Å². The highest BCUT2D eigenvalue weighted by Crippen LogP contribution is 2.27. The fourth-order valence-electron chi connectivity index (χ4n) is 3.90. The van der Waals surface area contributed by atoms with Crippen molar-refractivity contribution in [3.63, 3.8) is 0 Å². The number of nitrogens with zero attached hydrogens (tertiary/aromatic N) is 3. The molecular weight excluding hydrogens is 426 g/mol. The summed E-state index contributed by atoms with van der Waals surface area (Å²) in [7, 11) is 3.35. The Balaban J connectivity index is 1.54. The van der Waals surface area contributed by atoms with Gasteiger partial charge in [-0.1, -0.05) is 30.3 Å². The average Bonchev–Trinajstić information content (AvgIpc) is 2.90. The summed E-state index contributed by atoms with van der Waals surface area (Å²) in [5, 5.41) is 0. The quantitative estimate of drug-likeness (QED) is 0.293. The zero-order valence-electron chi connectivity index (χ0n) is 20.2. The molecule has 3 rings (SSSR count). The second-order valence-corrected chi connectivity index (χ2v) is 8.21. The maximum atomic E-state index is 11.5. The van der Waals surface area contributed by atoms with Gasteiger partial charge in [0, 0.05) is 32.4 Å². The van der Waals surface area contributed by atoms with Gasteiger partial charge in [0.05, 0.1) is 20.6 Å². The largest absolute Gasteiger partial charge is 0.497 e. The van der Waals surface area contributed by atoms with Crippen molar-refractivity contribution >= 4 is 18.3 Å². The first-order chi connectivity index (χ1) is 16.7. The van der Waals surface area contributed by atoms with Crippen LogP contribution in [0.25, 0.3) is 5.57 Å². The molecule has 0 radical (unpaired) electrons. The van der Waals surface area contributed by atoms with Gasteiger partial charge >= 0.3 is 0 Å². The predicted octanol–water partition coefficient (Wildman–Crippen LogP) is 5.01. The molecule has 0 atom stereocenters. The molecule has 1 heterocycles. The normalized spacial score (nSPS) is 12.4. The molecule has 0 bridgehead atoms. The van der Waals surface area contributed by atoms with Gasteiger partial charge in [-0.3, -0.25) is 4.79 Å². The highest BCUT2D eigenvalue weighted by Gasteiger charge is 2.08. The number of carbonyl (C=O) groups excluding carboxylic acids is 1. The molecule has 6 heteroatoms. The van der Waals surface area contributed by atoms with E-state index in [0.717, 1.165) is 80.9 Å². The summed E-state index contributed by atoms with van der Waals surface area (Å²) in [4.78, 5) is 19.8. The van der Waals surface area contributed by atoms with Gasteiger partial charge in [0.25, 0.3) is 0 Å². The molecule has 0 aromatic heterocycles. The van der Waals surface area contributed by atoms with E-state index in [1.807, 2.05) is 41.7 Å². The molecular formula is C28H35N3O3. The molecule has 34 heavy (non-hydrogen) atoms. The van der Waals surface area contributed by atoms with Gasteiger partial charge in [-0.2, -0.15) is 0 Å². The molecule has 2 aromatic rings. The number of benzene rings is 2. The smallest absolute Gasteiger partial charge is 0.209 e. The first-order valence-corrected chi connectivity index (χ1v) is 11.8. The maximum Gasteiger partial charge on any atom is 0.209 e. The summed E-state index contributed by atoms with van der Waals surface area (Å²) in [6.45, 7) is 3.43. The molecule has 0 saturated carbocycles. The van der Waals surface area contributed by atoms with E-state index < -0.39 is 0 Å². The van der Waals surface area contributed by atoms with E-state index in [-0.39, 0.29) is 0 Å². The van der Waals surface area contributed by atoms with Gasteiger partial charge in [-0.15, -0.1) is 0 Å². The second kappa shape index (κ2) is 13.9. The number of aliphatic imine (C=N–C) groups is 1. The number of rotatable bonds is 14. The molecule has 180 valence electrons. The zero-order valence-corrected chi connectivity index (χ0v) is 20.2. The van der Waals surface area contributed by atoms with E-state index in [2.05, 4.69) is 46.3 Å². The zero-order chi connectivity index (χ0) is 24.0. The Kier molecular flexibility index (Phi) is 10.2. The molecule has 1 aliphatic heterocycles. The molecule has 0 unspecified atom stereocenters. The lowest BCUT2D eigenvalue weighted by atomic mass is 9.96. The van der Waals surface area contributed by atoms with Crippen LogP contribution in [0.15, 0.2) is 71.9 Å². The van der Waals surface area contributed by atoms with Gasteiger partial charge < -0.3 is 19.3 Å². The van der Waals surface area contributed by atoms with E-state index in [1.54, 1.807) is 14.2 Å². The van der Waals surface area contributed by atoms with Crippen LogP contribution in [-0.2, 0) is 4.79 Å². The number of ether oxygens (including phenoxy) is 2. The first kappa shape index (κ1) is 25.1. The molecule has 0 spiro atoms. The number of hydrogen-bond acceptors (Lipinski definition) is 5. The molecule has 1 aliphatic rings. The minimum atomic E-state index is 0.756. The van der Waals surface area contributed by atoms with Gasteiger partial charge in [0.15, 0.2) is 0 Å². The van der Waals surface area contributed by atoms with Crippen LogP contribution in [0.2, 0.25) is 0 Å². The number of methoxy groups -OCH3 is 2. The number of allylic oxidation sites excluding steroid dienone is 1. The summed E-state index contributed by atoms with van der Waals surface area (Å²) < 4.78 is 10.6. The standard InChI is InChI=1S/C28H35N3O3/c1-33-26-13-9-24(10-14-26)28(25-11-15-27(34-2)16-12-25)8-3-4-19-31(23-32)20-6-5-18-30-21-7-17-29-22-30/h7-17,22-23H,3-6,18-21H2,1-2H3. The lowest BCUT2D eigenvalue weighted by molar-refractivity contribution is -0.118. The monoisotopic (exact) mass is 461 g/mol. The summed E-state index contributed by atoms with van der Waals surface area (Å²) >= 11 is 0. The predicted molar refractivity (Wildman–Crippen MR) is 138 cm³/mol. The summed E-state index contributed by atoms with van der Waals surface area (Å²) in [6, 6.07) is 16.2. The van der Waals surface area contributed by atoms with Crippen LogP contribution in [-0.4, -0.2) is 62.9 Å². The Hall–Kier alpha value is -3.54. The van der Waals surface area contributed by atoms with Crippen molar-refractivity contribution in [3.05, 3.63) is 78.0 Å². The van der Waals surface area contributed by atoms with E-state index in [4.69, 9.17) is 9.47 Å². The van der Waals surface area contributed by atoms with Crippen LogP contribution in [0.5, 0.6) is 11.5 Å². The first-order valence-electron chi connectivity index (χ1n) is 11.8. The van der Waals surface area contributed by atoms with Crippen molar-refractivity contribution in [1.82, 2.24) is 9.80 Å². The van der Waals surface area contributed by atoms with Gasteiger partial charge in [0.2, 0.25) is 6.41 Å². The lowest BCUT2D eigenvalue weighted by Gasteiger charge is -2.21. The fraction of sp³-hybridized carbons (Fsp3) is 0.357. The molecule has 0 fully saturated rings. The minimum Gasteiger partial charge on any atom is -0.497 e. The van der Waals surface area contributed by atoms with Crippen molar-refractivity contribution in [2.75, 3.05) is 40.4 Å². The van der Waals surface area contributed by atoms with Gasteiger partial charge in [-0.05, 0) is 72.7 Å². The SMILES string of the molecule is COc1ccc(C(=CCCCN(C=O)CCCCN2C=NC=CC2)c2ccc(OC)cc2)cc1. The third-order valence-electron chi connectivity index (χ3n) is 5.85. The fourth-order valence-corrected chi connectivity index (χ4v) is 3.90. The molecule has 0 saturated heterocycles. The van der Waals surface area contributed by atoms with Crippen molar-refractivity contribution in [2.24, 2.45) is 4.99 Å². The summed E-state index contributed by atoms with van der Waals surface area (Å²) in [6.07, 6.45) is 12.8. The Morgan fingerprint density at radius 3 is 2.09 bits per heavy atom. The topological polar surface area (TPSA) is 54.4 Å². The van der Waals surface area contributed by atoms with Crippen LogP contribution >= 0.6 is 0 Å². The highest BCUT2D eigenvalue weighted by atomic mass is 16.5. The van der Waals surface area contributed by atoms with Gasteiger partial charge in [0.1, 0.15) is 11.5 Å². The van der Waals surface area contributed by atoms with Crippen molar-refractivity contribution in [1.29, 1.82) is 0 Å². The minimum absolute atomic E-state index is 0.756. The number of carbonyl (C=O) groups is 1. The molecule has 0 aliphatic carbocycles. The maximum absolute atomic E-state index is 11.5. The molecule has 0 N–H and O–H groups in total. The van der Waals surface area contributed by atoms with Crippen LogP contribution < -0.4 is 9.47 Å². The third kappa shape index (κ3) is 7.80. The van der Waals surface area contributed by atoms with Crippen LogP contribution in [0, 0.1) is 0 Å². The Labute approximate surface area is 203 Å². The van der Waals surface area contributed by atoms with Crippen molar-refractivity contribution < 1.29 is 14.3 Å². The van der Waals surface area contributed by atoms with Crippen LogP contribution in [0.4, 0.5) is 0 Å². The van der Waals surface area contributed by atoms with E-state index >= 15 is 0 Å². The Morgan fingerprint density at radius 1 is 0.941 bits per heavy atom. The van der Waals surface area contributed by atoms with E-state index in [9.17, 15) is 4.79 Å². The summed E-state index contributed by atoms with van der Waals surface area (Å²) in [5.74, 6) is 1.67. The van der Waals surface area contributed by atoms with Crippen molar-refractivity contribution in [2.45, 2.75) is 25.7 Å². The number of hydrogen-bond donors (Lipinski definition) is 0.